The molecule has 6 heteroatoms. The maximum atomic E-state index is 13.4. The van der Waals surface area contributed by atoms with Crippen molar-refractivity contribution in [3.63, 3.8) is 0 Å². The molecule has 0 aromatic heterocycles. The van der Waals surface area contributed by atoms with Gasteiger partial charge in [0.2, 0.25) is 11.8 Å². The SMILES string of the molecule is CC1(C(=O)NCc2cc(F)cc(Cl)c2)CCN(c2ccccc2)C1=O. The van der Waals surface area contributed by atoms with Crippen LogP contribution in [0.2, 0.25) is 5.02 Å². The molecule has 1 heterocycles. The molecule has 25 heavy (non-hydrogen) atoms. The summed E-state index contributed by atoms with van der Waals surface area (Å²) in [6.07, 6.45) is 0.427. The highest BCUT2D eigenvalue weighted by atomic mass is 35.5. The summed E-state index contributed by atoms with van der Waals surface area (Å²) in [5, 5.41) is 2.99. The molecule has 0 bridgehead atoms. The number of carbonyl (C=O) groups excluding carboxylic acids is 2. The van der Waals surface area contributed by atoms with Gasteiger partial charge in [0.25, 0.3) is 0 Å². The monoisotopic (exact) mass is 360 g/mol. The topological polar surface area (TPSA) is 49.4 Å². The molecule has 1 aliphatic heterocycles. The van der Waals surface area contributed by atoms with Crippen LogP contribution < -0.4 is 10.2 Å². The van der Waals surface area contributed by atoms with Gasteiger partial charge in [-0.3, -0.25) is 9.59 Å². The number of anilines is 1. The quantitative estimate of drug-likeness (QED) is 0.848. The van der Waals surface area contributed by atoms with Gasteiger partial charge in [0.05, 0.1) is 0 Å². The lowest BCUT2D eigenvalue weighted by atomic mass is 9.87. The van der Waals surface area contributed by atoms with Crippen molar-refractivity contribution < 1.29 is 14.0 Å². The molecular formula is C19H18ClFN2O2. The van der Waals surface area contributed by atoms with Crippen LogP contribution in [0.3, 0.4) is 0 Å². The minimum Gasteiger partial charge on any atom is -0.351 e. The highest BCUT2D eigenvalue weighted by Gasteiger charge is 2.48. The van der Waals surface area contributed by atoms with Crippen molar-refractivity contribution in [3.8, 4) is 0 Å². The van der Waals surface area contributed by atoms with Gasteiger partial charge in [-0.05, 0) is 49.2 Å². The molecule has 1 N–H and O–H groups in total. The number of hydrogen-bond acceptors (Lipinski definition) is 2. The van der Waals surface area contributed by atoms with Gasteiger partial charge in [0, 0.05) is 23.8 Å². The second kappa shape index (κ2) is 6.84. The van der Waals surface area contributed by atoms with Crippen LogP contribution in [0.1, 0.15) is 18.9 Å². The second-order valence-electron chi connectivity index (χ2n) is 6.33. The first-order valence-corrected chi connectivity index (χ1v) is 8.38. The Labute approximate surface area is 150 Å². The summed E-state index contributed by atoms with van der Waals surface area (Å²) in [7, 11) is 0. The van der Waals surface area contributed by atoms with E-state index in [0.717, 1.165) is 5.69 Å². The Morgan fingerprint density at radius 2 is 2.00 bits per heavy atom. The Bertz CT molecular complexity index is 792. The zero-order valence-electron chi connectivity index (χ0n) is 13.8. The Kier molecular flexibility index (Phi) is 4.77. The van der Waals surface area contributed by atoms with E-state index in [4.69, 9.17) is 11.6 Å². The predicted octanol–water partition coefficient (Wildman–Crippen LogP) is 3.54. The Morgan fingerprint density at radius 3 is 2.68 bits per heavy atom. The summed E-state index contributed by atoms with van der Waals surface area (Å²) in [5.74, 6) is -1.06. The molecule has 130 valence electrons. The molecule has 4 nitrogen and oxygen atoms in total. The van der Waals surface area contributed by atoms with Gasteiger partial charge in [-0.2, -0.15) is 0 Å². The fourth-order valence-corrected chi connectivity index (χ4v) is 3.24. The molecule has 2 aromatic rings. The van der Waals surface area contributed by atoms with E-state index in [1.165, 1.54) is 12.1 Å². The summed E-state index contributed by atoms with van der Waals surface area (Å²) in [6, 6.07) is 13.4. The van der Waals surface area contributed by atoms with Gasteiger partial charge in [0.15, 0.2) is 0 Å². The highest BCUT2D eigenvalue weighted by Crippen LogP contribution is 2.35. The van der Waals surface area contributed by atoms with Crippen molar-refractivity contribution in [1.29, 1.82) is 0 Å². The smallest absolute Gasteiger partial charge is 0.242 e. The van der Waals surface area contributed by atoms with Crippen molar-refractivity contribution in [3.05, 3.63) is 64.9 Å². The summed E-state index contributed by atoms with van der Waals surface area (Å²) in [6.45, 7) is 2.25. The molecule has 3 rings (SSSR count). The molecule has 1 aliphatic rings. The van der Waals surface area contributed by atoms with Crippen LogP contribution in [-0.4, -0.2) is 18.4 Å². The third kappa shape index (κ3) is 3.51. The van der Waals surface area contributed by atoms with E-state index in [1.54, 1.807) is 17.9 Å². The maximum absolute atomic E-state index is 13.4. The van der Waals surface area contributed by atoms with E-state index in [1.807, 2.05) is 30.3 Å². The van der Waals surface area contributed by atoms with E-state index in [2.05, 4.69) is 5.32 Å². The van der Waals surface area contributed by atoms with Crippen LogP contribution in [-0.2, 0) is 16.1 Å². The number of hydrogen-bond donors (Lipinski definition) is 1. The summed E-state index contributed by atoms with van der Waals surface area (Å²) < 4.78 is 13.4. The number of para-hydroxylation sites is 1. The van der Waals surface area contributed by atoms with Gasteiger partial charge in [-0.25, -0.2) is 4.39 Å². The van der Waals surface area contributed by atoms with Gasteiger partial charge >= 0.3 is 0 Å². The van der Waals surface area contributed by atoms with Crippen LogP contribution in [0.4, 0.5) is 10.1 Å². The van der Waals surface area contributed by atoms with Gasteiger partial charge in [-0.15, -0.1) is 0 Å². The number of amides is 2. The first kappa shape index (κ1) is 17.4. The van der Waals surface area contributed by atoms with E-state index in [9.17, 15) is 14.0 Å². The average Bonchev–Trinajstić information content (AvgIpc) is 2.89. The lowest BCUT2D eigenvalue weighted by Crippen LogP contribution is -2.44. The Morgan fingerprint density at radius 1 is 1.28 bits per heavy atom. The van der Waals surface area contributed by atoms with Crippen LogP contribution in [0.15, 0.2) is 48.5 Å². The van der Waals surface area contributed by atoms with Crippen LogP contribution in [0, 0.1) is 11.2 Å². The molecule has 1 fully saturated rings. The molecule has 1 atom stereocenters. The molecule has 2 aromatic carbocycles. The van der Waals surface area contributed by atoms with Gasteiger partial charge in [-0.1, -0.05) is 29.8 Å². The molecule has 0 spiro atoms. The van der Waals surface area contributed by atoms with Gasteiger partial charge in [0.1, 0.15) is 11.2 Å². The molecule has 1 unspecified atom stereocenters. The predicted molar refractivity (Wildman–Crippen MR) is 94.8 cm³/mol. The molecule has 0 radical (unpaired) electrons. The van der Waals surface area contributed by atoms with Crippen molar-refractivity contribution in [2.75, 3.05) is 11.4 Å². The van der Waals surface area contributed by atoms with Crippen molar-refractivity contribution in [2.24, 2.45) is 5.41 Å². The number of nitrogens with one attached hydrogen (secondary N) is 1. The first-order chi connectivity index (χ1) is 11.9. The average molecular weight is 361 g/mol. The molecule has 1 saturated heterocycles. The van der Waals surface area contributed by atoms with E-state index in [-0.39, 0.29) is 23.4 Å². The molecular weight excluding hydrogens is 343 g/mol. The second-order valence-corrected chi connectivity index (χ2v) is 6.77. The lowest BCUT2D eigenvalue weighted by molar-refractivity contribution is -0.138. The van der Waals surface area contributed by atoms with Crippen LogP contribution in [0.5, 0.6) is 0 Å². The highest BCUT2D eigenvalue weighted by molar-refractivity contribution is 6.30. The summed E-state index contributed by atoms with van der Waals surface area (Å²) >= 11 is 5.82. The number of halogens is 2. The summed E-state index contributed by atoms with van der Waals surface area (Å²) in [5.41, 5.74) is 0.195. The zero-order valence-corrected chi connectivity index (χ0v) is 14.5. The van der Waals surface area contributed by atoms with Crippen LogP contribution >= 0.6 is 11.6 Å². The van der Waals surface area contributed by atoms with Crippen molar-refractivity contribution >= 4 is 29.1 Å². The standard InChI is InChI=1S/C19H18ClFN2O2/c1-19(7-8-23(18(19)25)16-5-3-2-4-6-16)17(24)22-12-13-9-14(20)11-15(21)10-13/h2-6,9-11H,7-8,12H2,1H3,(H,22,24). The Balaban J connectivity index is 1.70. The largest absolute Gasteiger partial charge is 0.351 e. The Hall–Kier alpha value is -2.40. The number of rotatable bonds is 4. The number of carbonyl (C=O) groups is 2. The zero-order chi connectivity index (χ0) is 18.0. The van der Waals surface area contributed by atoms with E-state index < -0.39 is 11.2 Å². The van der Waals surface area contributed by atoms with Crippen molar-refractivity contribution in [2.45, 2.75) is 19.9 Å². The number of benzene rings is 2. The summed E-state index contributed by atoms with van der Waals surface area (Å²) in [4.78, 5) is 27.0. The molecule has 0 aliphatic carbocycles. The fraction of sp³-hybridized carbons (Fsp3) is 0.263. The minimum absolute atomic E-state index is 0.116. The fourth-order valence-electron chi connectivity index (χ4n) is 3.00. The van der Waals surface area contributed by atoms with E-state index in [0.29, 0.717) is 18.5 Å². The lowest BCUT2D eigenvalue weighted by Gasteiger charge is -2.23. The van der Waals surface area contributed by atoms with E-state index >= 15 is 0 Å². The molecule has 0 saturated carbocycles. The maximum Gasteiger partial charge on any atom is 0.242 e. The van der Waals surface area contributed by atoms with Crippen molar-refractivity contribution in [1.82, 2.24) is 5.32 Å². The molecule has 2 amide bonds. The third-order valence-corrected chi connectivity index (χ3v) is 4.72. The minimum atomic E-state index is -1.13. The number of nitrogens with zero attached hydrogens (tertiary/aromatic N) is 1. The van der Waals surface area contributed by atoms with Gasteiger partial charge < -0.3 is 10.2 Å². The third-order valence-electron chi connectivity index (χ3n) is 4.50. The normalized spacial score (nSPS) is 20.0. The van der Waals surface area contributed by atoms with Crippen LogP contribution in [0.25, 0.3) is 0 Å². The first-order valence-electron chi connectivity index (χ1n) is 8.00.